The van der Waals surface area contributed by atoms with Crippen molar-refractivity contribution >= 4 is 17.5 Å². The highest BCUT2D eigenvalue weighted by Crippen LogP contribution is 2.75. The summed E-state index contributed by atoms with van der Waals surface area (Å²) in [5, 5.41) is 0. The molecular formula is C35H42O5. The number of ketones is 2. The number of hydrogen-bond donors (Lipinski definition) is 0. The largest absolute Gasteiger partial charge is 0.457 e. The van der Waals surface area contributed by atoms with Crippen molar-refractivity contribution < 1.29 is 23.9 Å². The molecule has 1 aromatic rings. The predicted molar refractivity (Wildman–Crippen MR) is 153 cm³/mol. The lowest BCUT2D eigenvalue weighted by Gasteiger charge is -2.53. The maximum Gasteiger partial charge on any atom is 0.311 e. The molecule has 8 atom stereocenters. The van der Waals surface area contributed by atoms with Crippen molar-refractivity contribution in [3.05, 3.63) is 71.3 Å². The Morgan fingerprint density at radius 1 is 1.07 bits per heavy atom. The summed E-state index contributed by atoms with van der Waals surface area (Å²) in [7, 11) is 0. The monoisotopic (exact) mass is 542 g/mol. The summed E-state index contributed by atoms with van der Waals surface area (Å²) in [4.78, 5) is 38.8. The lowest BCUT2D eigenvalue weighted by molar-refractivity contribution is -0.158. The molecule has 4 aliphatic carbocycles. The molecule has 0 aromatic heterocycles. The van der Waals surface area contributed by atoms with Gasteiger partial charge in [-0.1, -0.05) is 68.5 Å². The minimum absolute atomic E-state index is 0.0507. The van der Waals surface area contributed by atoms with Gasteiger partial charge >= 0.3 is 5.97 Å². The van der Waals surface area contributed by atoms with E-state index in [4.69, 9.17) is 9.47 Å². The fourth-order valence-corrected chi connectivity index (χ4v) is 8.99. The first kappa shape index (κ1) is 27.4. The summed E-state index contributed by atoms with van der Waals surface area (Å²) in [6.45, 7) is 12.1. The fraction of sp³-hybridized carbons (Fsp3) is 0.571. The van der Waals surface area contributed by atoms with Crippen molar-refractivity contribution in [1.29, 1.82) is 0 Å². The molecule has 40 heavy (non-hydrogen) atoms. The molecule has 1 saturated heterocycles. The number of carbonyl (C=O) groups excluding carboxylic acids is 3. The molecular weight excluding hydrogens is 500 g/mol. The Bertz CT molecular complexity index is 1350. The summed E-state index contributed by atoms with van der Waals surface area (Å²) in [6, 6.07) is 9.48. The predicted octanol–water partition coefficient (Wildman–Crippen LogP) is 6.69. The molecule has 0 N–H and O–H groups in total. The van der Waals surface area contributed by atoms with Crippen LogP contribution in [0.4, 0.5) is 0 Å². The van der Waals surface area contributed by atoms with Gasteiger partial charge in [-0.05, 0) is 81.3 Å². The quantitative estimate of drug-likeness (QED) is 0.228. The molecule has 1 aromatic carbocycles. The first-order valence-corrected chi connectivity index (χ1v) is 14.9. The van der Waals surface area contributed by atoms with Crippen LogP contribution in [0.1, 0.15) is 77.6 Å². The van der Waals surface area contributed by atoms with E-state index >= 15 is 0 Å². The van der Waals surface area contributed by atoms with Crippen LogP contribution in [-0.4, -0.2) is 35.8 Å². The number of allylic oxidation sites excluding steroid dienone is 4. The average molecular weight is 543 g/mol. The second kappa shape index (κ2) is 9.11. The Kier molecular flexibility index (Phi) is 6.23. The third-order valence-corrected chi connectivity index (χ3v) is 10.9. The van der Waals surface area contributed by atoms with E-state index in [0.29, 0.717) is 18.3 Å². The lowest BCUT2D eigenvalue weighted by atomic mass is 9.48. The molecule has 1 spiro atoms. The first-order valence-electron chi connectivity index (χ1n) is 14.9. The molecule has 5 heteroatoms. The molecule has 1 aliphatic heterocycles. The molecule has 5 nitrogen and oxygen atoms in total. The van der Waals surface area contributed by atoms with Crippen LogP contribution < -0.4 is 0 Å². The molecule has 6 rings (SSSR count). The first-order chi connectivity index (χ1) is 18.8. The number of epoxide rings is 1. The Hall–Kier alpha value is -2.79. The highest BCUT2D eigenvalue weighted by molar-refractivity contribution is 5.98. The molecule has 3 fully saturated rings. The van der Waals surface area contributed by atoms with E-state index in [9.17, 15) is 14.4 Å². The second-order valence-electron chi connectivity index (χ2n) is 14.4. The highest BCUT2D eigenvalue weighted by Gasteiger charge is 2.79. The molecule has 0 bridgehead atoms. The Morgan fingerprint density at radius 2 is 1.80 bits per heavy atom. The zero-order chi connectivity index (χ0) is 28.7. The molecule has 2 saturated carbocycles. The molecule has 0 radical (unpaired) electrons. The molecule has 7 unspecified atom stereocenters. The van der Waals surface area contributed by atoms with Gasteiger partial charge in [-0.3, -0.25) is 14.4 Å². The molecule has 1 heterocycles. The van der Waals surface area contributed by atoms with Crippen molar-refractivity contribution in [2.24, 2.45) is 39.9 Å². The summed E-state index contributed by atoms with van der Waals surface area (Å²) in [5.41, 5.74) is 1.71. The molecule has 0 amide bonds. The van der Waals surface area contributed by atoms with Crippen molar-refractivity contribution in [3.63, 3.8) is 0 Å². The number of ether oxygens (including phenoxy) is 2. The smallest absolute Gasteiger partial charge is 0.311 e. The fourth-order valence-electron chi connectivity index (χ4n) is 8.99. The zero-order valence-corrected chi connectivity index (χ0v) is 24.7. The van der Waals surface area contributed by atoms with Crippen LogP contribution in [0.15, 0.2) is 65.8 Å². The SMILES string of the molecule is C[C@@H]1CC2C3CC=C4C=C(CC(=O)c5ccccc5)C=CC4(C)C34OC4CC2(C)C1C(=O)COC(=O)C(C)(C)C. The molecule has 212 valence electrons. The third kappa shape index (κ3) is 3.94. The van der Waals surface area contributed by atoms with Gasteiger partial charge in [0, 0.05) is 23.3 Å². The number of rotatable bonds is 6. The van der Waals surface area contributed by atoms with Crippen LogP contribution in [0.25, 0.3) is 0 Å². The van der Waals surface area contributed by atoms with Gasteiger partial charge < -0.3 is 9.47 Å². The van der Waals surface area contributed by atoms with Gasteiger partial charge in [-0.25, -0.2) is 0 Å². The number of benzene rings is 1. The maximum atomic E-state index is 13.6. The summed E-state index contributed by atoms with van der Waals surface area (Å²) >= 11 is 0. The molecule has 5 aliphatic rings. The minimum Gasteiger partial charge on any atom is -0.457 e. The number of hydrogen-bond acceptors (Lipinski definition) is 5. The van der Waals surface area contributed by atoms with E-state index in [0.717, 1.165) is 30.4 Å². The van der Waals surface area contributed by atoms with Crippen LogP contribution >= 0.6 is 0 Å². The van der Waals surface area contributed by atoms with E-state index in [-0.39, 0.29) is 58.5 Å². The number of carbonyl (C=O) groups is 3. The Balaban J connectivity index is 1.23. The van der Waals surface area contributed by atoms with Gasteiger partial charge in [-0.15, -0.1) is 0 Å². The topological polar surface area (TPSA) is 73.0 Å². The third-order valence-electron chi connectivity index (χ3n) is 10.9. The van der Waals surface area contributed by atoms with Gasteiger partial charge in [0.1, 0.15) is 12.2 Å². The van der Waals surface area contributed by atoms with Crippen LogP contribution in [0.2, 0.25) is 0 Å². The second-order valence-corrected chi connectivity index (χ2v) is 14.4. The normalized spacial score (nSPS) is 39.1. The van der Waals surface area contributed by atoms with E-state index in [1.807, 2.05) is 51.1 Å². The summed E-state index contributed by atoms with van der Waals surface area (Å²) in [5.74, 6) is 0.639. The summed E-state index contributed by atoms with van der Waals surface area (Å²) in [6.07, 6.45) is 12.2. The van der Waals surface area contributed by atoms with Crippen molar-refractivity contribution in [1.82, 2.24) is 0 Å². The van der Waals surface area contributed by atoms with Crippen LogP contribution in [0, 0.1) is 39.9 Å². The zero-order valence-electron chi connectivity index (χ0n) is 24.7. The average Bonchev–Trinajstić information content (AvgIpc) is 3.55. The number of fused-ring (bicyclic) bond motifs is 3. The maximum absolute atomic E-state index is 13.6. The Labute approximate surface area is 238 Å². The van der Waals surface area contributed by atoms with Gasteiger partial charge in [0.25, 0.3) is 0 Å². The highest BCUT2D eigenvalue weighted by atomic mass is 16.6. The van der Waals surface area contributed by atoms with E-state index in [1.54, 1.807) is 0 Å². The number of esters is 1. The standard InChI is InChI=1S/C35H42O5/c1-21-16-26-25-13-12-24-17-22(18-27(36)23-10-8-7-9-11-23)14-15-34(24,6)35(25)29(40-35)19-33(26,5)30(21)28(37)20-39-31(38)32(2,3)4/h7-12,14-15,17,21,25-26,29-30H,13,16,18-20H2,1-6H3/t21-,25?,26?,29?,30?,33?,34?,35?/m1/s1. The van der Waals surface area contributed by atoms with Gasteiger partial charge in [0.05, 0.1) is 11.5 Å². The van der Waals surface area contributed by atoms with Crippen molar-refractivity contribution in [3.8, 4) is 0 Å². The van der Waals surface area contributed by atoms with Gasteiger partial charge in [0.2, 0.25) is 0 Å². The van der Waals surface area contributed by atoms with Crippen molar-refractivity contribution in [2.75, 3.05) is 6.61 Å². The van der Waals surface area contributed by atoms with Crippen LogP contribution in [-0.2, 0) is 19.1 Å². The van der Waals surface area contributed by atoms with Crippen LogP contribution in [0.3, 0.4) is 0 Å². The minimum atomic E-state index is -0.626. The van der Waals surface area contributed by atoms with Gasteiger partial charge in [0.15, 0.2) is 11.6 Å². The van der Waals surface area contributed by atoms with E-state index < -0.39 is 5.41 Å². The van der Waals surface area contributed by atoms with Crippen molar-refractivity contribution in [2.45, 2.75) is 78.9 Å². The van der Waals surface area contributed by atoms with Gasteiger partial charge in [-0.2, -0.15) is 0 Å². The Morgan fingerprint density at radius 3 is 2.50 bits per heavy atom. The number of Topliss-reactive ketones (excluding diaryl/α,β-unsaturated/α-hetero) is 2. The van der Waals surface area contributed by atoms with E-state index in [2.05, 4.69) is 45.1 Å². The van der Waals surface area contributed by atoms with Crippen LogP contribution in [0.5, 0.6) is 0 Å². The lowest BCUT2D eigenvalue weighted by Crippen LogP contribution is -2.56. The van der Waals surface area contributed by atoms with E-state index in [1.165, 1.54) is 5.57 Å². The summed E-state index contributed by atoms with van der Waals surface area (Å²) < 4.78 is 12.2.